The number of aromatic nitrogens is 2. The zero-order valence-corrected chi connectivity index (χ0v) is 24.0. The number of ether oxygens (including phenoxy) is 1. The first-order chi connectivity index (χ1) is 20.0. The van der Waals surface area contributed by atoms with Crippen LogP contribution in [0.1, 0.15) is 21.8 Å². The summed E-state index contributed by atoms with van der Waals surface area (Å²) >= 11 is 0. The van der Waals surface area contributed by atoms with Gasteiger partial charge in [-0.05, 0) is 80.2 Å². The van der Waals surface area contributed by atoms with Crippen LogP contribution in [0.5, 0.6) is 5.75 Å². The Morgan fingerprint density at radius 3 is 2.14 bits per heavy atom. The van der Waals surface area contributed by atoms with Crippen molar-refractivity contribution in [3.05, 3.63) is 77.7 Å². The highest BCUT2D eigenvalue weighted by Gasteiger charge is 2.15. The van der Waals surface area contributed by atoms with E-state index in [1.807, 2.05) is 74.8 Å². The summed E-state index contributed by atoms with van der Waals surface area (Å²) in [5.41, 5.74) is 6.10. The van der Waals surface area contributed by atoms with Crippen molar-refractivity contribution in [2.75, 3.05) is 44.9 Å². The molecule has 0 unspecified atom stereocenters. The number of rotatable bonds is 9. The molecule has 1 heterocycles. The minimum atomic E-state index is -1.82. The average Bonchev–Trinajstić information content (AvgIpc) is 3.39. The van der Waals surface area contributed by atoms with Crippen molar-refractivity contribution >= 4 is 29.2 Å². The molecule has 1 aromatic heterocycles. The summed E-state index contributed by atoms with van der Waals surface area (Å²) in [4.78, 5) is 37.8. The molecule has 0 aliphatic heterocycles. The van der Waals surface area contributed by atoms with Gasteiger partial charge in [-0.3, -0.25) is 4.79 Å². The third-order valence-corrected chi connectivity index (χ3v) is 5.99. The second-order valence-electron chi connectivity index (χ2n) is 9.45. The monoisotopic (exact) mass is 575 g/mol. The number of hydrogen-bond donors (Lipinski definition) is 4. The van der Waals surface area contributed by atoms with E-state index >= 15 is 0 Å². The molecule has 4 aromatic rings. The average molecular weight is 576 g/mol. The number of aliphatic carboxylic acids is 2. The lowest BCUT2D eigenvalue weighted by molar-refractivity contribution is -0.159. The van der Waals surface area contributed by atoms with E-state index in [-0.39, 0.29) is 5.91 Å². The van der Waals surface area contributed by atoms with E-state index in [9.17, 15) is 4.79 Å². The van der Waals surface area contributed by atoms with E-state index in [2.05, 4.69) is 32.6 Å². The molecule has 0 aliphatic carbocycles. The fraction of sp³-hybridized carbons (Fsp3) is 0.233. The molecule has 0 saturated carbocycles. The van der Waals surface area contributed by atoms with E-state index in [4.69, 9.17) is 29.1 Å². The van der Waals surface area contributed by atoms with Crippen LogP contribution in [0.2, 0.25) is 0 Å². The Kier molecular flexibility index (Phi) is 10.7. The van der Waals surface area contributed by atoms with Gasteiger partial charge in [0.25, 0.3) is 5.91 Å². The lowest BCUT2D eigenvalue weighted by Gasteiger charge is -2.17. The molecule has 0 saturated heterocycles. The number of carboxylic acids is 2. The van der Waals surface area contributed by atoms with Crippen LogP contribution in [-0.4, -0.2) is 77.4 Å². The molecule has 220 valence electrons. The molecule has 0 atom stereocenters. The van der Waals surface area contributed by atoms with Crippen LogP contribution in [0.15, 0.2) is 65.2 Å². The Bertz CT molecular complexity index is 1540. The second kappa shape index (κ2) is 14.4. The Labute approximate surface area is 242 Å². The molecule has 3 aromatic carbocycles. The van der Waals surface area contributed by atoms with Gasteiger partial charge in [-0.2, -0.15) is 4.98 Å². The summed E-state index contributed by atoms with van der Waals surface area (Å²) in [5.74, 6) is -2.00. The molecular formula is C30H33N5O7. The number of carboxylic acid groups (broad SMARTS) is 2. The van der Waals surface area contributed by atoms with Crippen molar-refractivity contribution < 1.29 is 33.9 Å². The molecule has 4 rings (SSSR count). The lowest BCUT2D eigenvalue weighted by Crippen LogP contribution is -2.22. The number of methoxy groups -OCH3 is 1. The summed E-state index contributed by atoms with van der Waals surface area (Å²) in [6.07, 6.45) is 0. The fourth-order valence-corrected chi connectivity index (χ4v) is 3.89. The molecule has 4 N–H and O–H groups in total. The standard InChI is InChI=1S/C28H31N5O3.C2H2O4/c1-18-16-21(27-30-19(2)36-32-27)7-12-24(18)20-6-13-25(26(17-20)29-14-15-33(3)4)28(34)31-22-8-10-23(35-5)11-9-22;3-1(4)2(5)6/h6-13,16-17,29H,14-15H2,1-5H3,(H,31,34);(H,3,4)(H,5,6). The van der Waals surface area contributed by atoms with Gasteiger partial charge in [0.05, 0.1) is 12.7 Å². The summed E-state index contributed by atoms with van der Waals surface area (Å²) in [6.45, 7) is 5.36. The number of likely N-dealkylation sites (N-methyl/N-ethyl adjacent to an activating group) is 1. The van der Waals surface area contributed by atoms with Crippen molar-refractivity contribution in [1.29, 1.82) is 0 Å². The number of anilines is 2. The van der Waals surface area contributed by atoms with Crippen LogP contribution in [0, 0.1) is 13.8 Å². The van der Waals surface area contributed by atoms with E-state index in [1.54, 1.807) is 14.0 Å². The van der Waals surface area contributed by atoms with Crippen LogP contribution >= 0.6 is 0 Å². The minimum Gasteiger partial charge on any atom is -0.497 e. The topological polar surface area (TPSA) is 167 Å². The molecule has 0 fully saturated rings. The molecule has 12 nitrogen and oxygen atoms in total. The van der Waals surface area contributed by atoms with Gasteiger partial charge in [0.2, 0.25) is 11.7 Å². The summed E-state index contributed by atoms with van der Waals surface area (Å²) in [6, 6.07) is 19.2. The van der Waals surface area contributed by atoms with Gasteiger partial charge < -0.3 is 35.0 Å². The number of nitrogens with zero attached hydrogens (tertiary/aromatic N) is 3. The maximum absolute atomic E-state index is 13.2. The van der Waals surface area contributed by atoms with E-state index in [1.165, 1.54) is 0 Å². The summed E-state index contributed by atoms with van der Waals surface area (Å²) in [7, 11) is 5.65. The molecule has 42 heavy (non-hydrogen) atoms. The van der Waals surface area contributed by atoms with Gasteiger partial charge >= 0.3 is 11.9 Å². The quantitative estimate of drug-likeness (QED) is 0.209. The Morgan fingerprint density at radius 1 is 0.929 bits per heavy atom. The molecule has 0 aliphatic rings. The van der Waals surface area contributed by atoms with Crippen LogP contribution in [-0.2, 0) is 9.59 Å². The van der Waals surface area contributed by atoms with Crippen molar-refractivity contribution in [3.8, 4) is 28.3 Å². The van der Waals surface area contributed by atoms with E-state index < -0.39 is 11.9 Å². The van der Waals surface area contributed by atoms with Crippen LogP contribution in [0.3, 0.4) is 0 Å². The Hall–Kier alpha value is -5.23. The van der Waals surface area contributed by atoms with Gasteiger partial charge in [0.15, 0.2) is 0 Å². The van der Waals surface area contributed by atoms with Crippen LogP contribution in [0.4, 0.5) is 11.4 Å². The zero-order chi connectivity index (χ0) is 30.8. The first-order valence-corrected chi connectivity index (χ1v) is 12.8. The Balaban J connectivity index is 0.000000730. The predicted molar refractivity (Wildman–Crippen MR) is 158 cm³/mol. The van der Waals surface area contributed by atoms with Crippen molar-refractivity contribution in [2.24, 2.45) is 0 Å². The van der Waals surface area contributed by atoms with Crippen LogP contribution < -0.4 is 15.4 Å². The first-order valence-electron chi connectivity index (χ1n) is 12.8. The molecule has 0 spiro atoms. The normalized spacial score (nSPS) is 10.4. The zero-order valence-electron chi connectivity index (χ0n) is 24.0. The second-order valence-corrected chi connectivity index (χ2v) is 9.45. The number of hydrogen-bond acceptors (Lipinski definition) is 9. The smallest absolute Gasteiger partial charge is 0.414 e. The van der Waals surface area contributed by atoms with Gasteiger partial charge in [0.1, 0.15) is 5.75 Å². The van der Waals surface area contributed by atoms with Gasteiger partial charge in [-0.1, -0.05) is 23.4 Å². The maximum atomic E-state index is 13.2. The third-order valence-electron chi connectivity index (χ3n) is 5.99. The lowest BCUT2D eigenvalue weighted by atomic mass is 9.96. The number of aryl methyl sites for hydroxylation is 2. The largest absolute Gasteiger partial charge is 0.497 e. The number of benzene rings is 3. The maximum Gasteiger partial charge on any atom is 0.414 e. The first kappa shape index (κ1) is 31.3. The molecule has 0 bridgehead atoms. The number of carbonyl (C=O) groups is 3. The third kappa shape index (κ3) is 8.63. The molecular weight excluding hydrogens is 542 g/mol. The SMILES string of the molecule is COc1ccc(NC(=O)c2ccc(-c3ccc(-c4noc(C)n4)cc3C)cc2NCCN(C)C)cc1.O=C(O)C(=O)O. The van der Waals surface area contributed by atoms with Crippen molar-refractivity contribution in [2.45, 2.75) is 13.8 Å². The highest BCUT2D eigenvalue weighted by molar-refractivity contribution is 6.27. The summed E-state index contributed by atoms with van der Waals surface area (Å²) in [5, 5.41) is 25.2. The van der Waals surface area contributed by atoms with Crippen molar-refractivity contribution in [1.82, 2.24) is 15.0 Å². The number of amides is 1. The van der Waals surface area contributed by atoms with Gasteiger partial charge in [-0.25, -0.2) is 9.59 Å². The predicted octanol–water partition coefficient (Wildman–Crippen LogP) is 4.41. The number of nitrogens with one attached hydrogen (secondary N) is 2. The highest BCUT2D eigenvalue weighted by Crippen LogP contribution is 2.31. The van der Waals surface area contributed by atoms with Gasteiger partial charge in [0, 0.05) is 37.0 Å². The molecule has 1 amide bonds. The highest BCUT2D eigenvalue weighted by atomic mass is 16.5. The van der Waals surface area contributed by atoms with Gasteiger partial charge in [-0.15, -0.1) is 0 Å². The summed E-state index contributed by atoms with van der Waals surface area (Å²) < 4.78 is 10.3. The van der Waals surface area contributed by atoms with Crippen LogP contribution in [0.25, 0.3) is 22.5 Å². The number of carbonyl (C=O) groups excluding carboxylic acids is 1. The van der Waals surface area contributed by atoms with Crippen molar-refractivity contribution in [3.63, 3.8) is 0 Å². The molecule has 12 heteroatoms. The fourth-order valence-electron chi connectivity index (χ4n) is 3.89. The Morgan fingerprint density at radius 2 is 1.60 bits per heavy atom. The van der Waals surface area contributed by atoms with E-state index in [0.717, 1.165) is 40.2 Å². The minimum absolute atomic E-state index is 0.182. The van der Waals surface area contributed by atoms with E-state index in [0.29, 0.717) is 29.5 Å². The molecule has 0 radical (unpaired) electrons.